The molecule has 0 fully saturated rings. The average molecular weight is 360 g/mol. The van der Waals surface area contributed by atoms with Gasteiger partial charge in [0.15, 0.2) is 0 Å². The molecule has 0 bridgehead atoms. The van der Waals surface area contributed by atoms with Crippen LogP contribution < -0.4 is 0 Å². The Kier molecular flexibility index (Phi) is 6.15. The minimum atomic E-state index is -4.28. The summed E-state index contributed by atoms with van der Waals surface area (Å²) in [5.74, 6) is 0. The number of aryl methyl sites for hydroxylation is 2. The molecule has 108 valence electrons. The van der Waals surface area contributed by atoms with E-state index in [0.29, 0.717) is 11.4 Å². The fraction of sp³-hybridized carbons (Fsp3) is 0.538. The molecule has 0 aliphatic carbocycles. The van der Waals surface area contributed by atoms with Crippen LogP contribution in [0, 0.1) is 13.8 Å². The molecule has 0 saturated heterocycles. The van der Waals surface area contributed by atoms with Gasteiger partial charge in [0.2, 0.25) is 0 Å². The van der Waals surface area contributed by atoms with Gasteiger partial charge in [0.25, 0.3) is 0 Å². The molecule has 0 spiro atoms. The summed E-state index contributed by atoms with van der Waals surface area (Å²) in [7, 11) is 0. The number of rotatable bonds is 5. The summed E-state index contributed by atoms with van der Waals surface area (Å²) >= 11 is 9.56. The summed E-state index contributed by atoms with van der Waals surface area (Å²) < 4.78 is 40.3. The fourth-order valence-corrected chi connectivity index (χ4v) is 2.62. The van der Waals surface area contributed by atoms with Crippen LogP contribution >= 0.6 is 27.5 Å². The van der Waals surface area contributed by atoms with Crippen molar-refractivity contribution in [2.24, 2.45) is 0 Å². The Bertz CT molecular complexity index is 435. The standard InChI is InChI=1S/C13H15BrClF3O/c1-8-5-10(12(15)6-9(8)2)11(14)3-4-19-7-13(16,17)18/h5-6,11H,3-4,7H2,1-2H3. The van der Waals surface area contributed by atoms with Gasteiger partial charge in [0.05, 0.1) is 0 Å². The molecule has 0 N–H and O–H groups in total. The highest BCUT2D eigenvalue weighted by atomic mass is 79.9. The molecule has 1 aromatic carbocycles. The molecule has 0 heterocycles. The number of halogens is 5. The van der Waals surface area contributed by atoms with Gasteiger partial charge in [-0.3, -0.25) is 0 Å². The highest BCUT2D eigenvalue weighted by Crippen LogP contribution is 2.34. The lowest BCUT2D eigenvalue weighted by atomic mass is 10.0. The molecule has 0 amide bonds. The van der Waals surface area contributed by atoms with E-state index in [9.17, 15) is 13.2 Å². The Morgan fingerprint density at radius 2 is 1.84 bits per heavy atom. The Balaban J connectivity index is 2.54. The minimum Gasteiger partial charge on any atom is -0.372 e. The molecule has 1 aromatic rings. The third-order valence-corrected chi connectivity index (χ3v) is 4.01. The molecule has 19 heavy (non-hydrogen) atoms. The third-order valence-electron chi connectivity index (χ3n) is 2.73. The summed E-state index contributed by atoms with van der Waals surface area (Å²) in [6.45, 7) is 2.74. The molecule has 1 atom stereocenters. The predicted octanol–water partition coefficient (Wildman–Crippen LogP) is 5.36. The lowest BCUT2D eigenvalue weighted by Gasteiger charge is -2.15. The molecule has 0 saturated carbocycles. The monoisotopic (exact) mass is 358 g/mol. The van der Waals surface area contributed by atoms with Crippen LogP contribution in [0.5, 0.6) is 0 Å². The van der Waals surface area contributed by atoms with Gasteiger partial charge in [-0.1, -0.05) is 33.6 Å². The summed E-state index contributed by atoms with van der Waals surface area (Å²) in [5, 5.41) is 0.612. The predicted molar refractivity (Wildman–Crippen MR) is 74.1 cm³/mol. The molecule has 1 rings (SSSR count). The van der Waals surface area contributed by atoms with E-state index in [2.05, 4.69) is 20.7 Å². The Morgan fingerprint density at radius 1 is 1.26 bits per heavy atom. The fourth-order valence-electron chi connectivity index (χ4n) is 1.57. The van der Waals surface area contributed by atoms with Crippen LogP contribution in [0.15, 0.2) is 12.1 Å². The minimum absolute atomic E-state index is 0.0265. The summed E-state index contributed by atoms with van der Waals surface area (Å²) in [4.78, 5) is -0.118. The van der Waals surface area contributed by atoms with Gasteiger partial charge in [-0.05, 0) is 43.0 Å². The summed E-state index contributed by atoms with van der Waals surface area (Å²) in [5.41, 5.74) is 3.06. The second kappa shape index (κ2) is 6.95. The number of hydrogen-bond donors (Lipinski definition) is 0. The van der Waals surface area contributed by atoms with Gasteiger partial charge < -0.3 is 4.74 Å². The first-order valence-electron chi connectivity index (χ1n) is 5.76. The highest BCUT2D eigenvalue weighted by Gasteiger charge is 2.27. The van der Waals surface area contributed by atoms with E-state index in [1.54, 1.807) is 0 Å². The normalized spacial score (nSPS) is 13.6. The van der Waals surface area contributed by atoms with Crippen molar-refractivity contribution in [3.63, 3.8) is 0 Å². The zero-order valence-corrected chi connectivity index (χ0v) is 13.0. The van der Waals surface area contributed by atoms with E-state index in [1.807, 2.05) is 26.0 Å². The second-order valence-electron chi connectivity index (χ2n) is 4.38. The van der Waals surface area contributed by atoms with Crippen molar-refractivity contribution >= 4 is 27.5 Å². The van der Waals surface area contributed by atoms with Crippen molar-refractivity contribution in [2.45, 2.75) is 31.3 Å². The van der Waals surface area contributed by atoms with E-state index in [-0.39, 0.29) is 11.4 Å². The lowest BCUT2D eigenvalue weighted by molar-refractivity contribution is -0.174. The largest absolute Gasteiger partial charge is 0.411 e. The maximum atomic E-state index is 11.9. The first kappa shape index (κ1) is 16.8. The Morgan fingerprint density at radius 3 is 2.42 bits per heavy atom. The number of hydrogen-bond acceptors (Lipinski definition) is 1. The van der Waals surface area contributed by atoms with Gasteiger partial charge in [-0.25, -0.2) is 0 Å². The maximum absolute atomic E-state index is 11.9. The lowest BCUT2D eigenvalue weighted by Crippen LogP contribution is -2.17. The van der Waals surface area contributed by atoms with Crippen LogP contribution in [0.1, 0.15) is 27.9 Å². The van der Waals surface area contributed by atoms with Gasteiger partial charge in [-0.2, -0.15) is 13.2 Å². The first-order chi connectivity index (χ1) is 8.70. The van der Waals surface area contributed by atoms with Crippen molar-refractivity contribution < 1.29 is 17.9 Å². The van der Waals surface area contributed by atoms with Crippen LogP contribution in [0.4, 0.5) is 13.2 Å². The van der Waals surface area contributed by atoms with E-state index in [4.69, 9.17) is 11.6 Å². The number of ether oxygens (including phenoxy) is 1. The van der Waals surface area contributed by atoms with Crippen LogP contribution in [0.2, 0.25) is 5.02 Å². The second-order valence-corrected chi connectivity index (χ2v) is 5.89. The van der Waals surface area contributed by atoms with E-state index in [0.717, 1.165) is 16.7 Å². The van der Waals surface area contributed by atoms with Crippen LogP contribution in [0.3, 0.4) is 0 Å². The van der Waals surface area contributed by atoms with Gasteiger partial charge in [-0.15, -0.1) is 0 Å². The molecule has 0 aliphatic rings. The smallest absolute Gasteiger partial charge is 0.372 e. The SMILES string of the molecule is Cc1cc(Cl)c(C(Br)CCOCC(F)(F)F)cc1C. The van der Waals surface area contributed by atoms with Crippen molar-refractivity contribution in [3.05, 3.63) is 33.8 Å². The van der Waals surface area contributed by atoms with Crippen LogP contribution in [-0.2, 0) is 4.74 Å². The molecular weight excluding hydrogens is 344 g/mol. The summed E-state index contributed by atoms with van der Waals surface area (Å²) in [6, 6.07) is 3.80. The van der Waals surface area contributed by atoms with Crippen molar-refractivity contribution in [1.29, 1.82) is 0 Å². The summed E-state index contributed by atoms with van der Waals surface area (Å²) in [6.07, 6.45) is -3.85. The molecule has 6 heteroatoms. The number of alkyl halides is 4. The van der Waals surface area contributed by atoms with Crippen molar-refractivity contribution in [1.82, 2.24) is 0 Å². The van der Waals surface area contributed by atoms with E-state index in [1.165, 1.54) is 0 Å². The molecule has 1 nitrogen and oxygen atoms in total. The molecule has 0 aromatic heterocycles. The Labute approximate surface area is 124 Å². The third kappa shape index (κ3) is 5.71. The number of benzene rings is 1. The molecule has 0 radical (unpaired) electrons. The van der Waals surface area contributed by atoms with Crippen LogP contribution in [-0.4, -0.2) is 19.4 Å². The average Bonchev–Trinajstić information content (AvgIpc) is 2.28. The van der Waals surface area contributed by atoms with Crippen molar-refractivity contribution in [3.8, 4) is 0 Å². The van der Waals surface area contributed by atoms with Gasteiger partial charge in [0, 0.05) is 16.5 Å². The maximum Gasteiger partial charge on any atom is 0.411 e. The van der Waals surface area contributed by atoms with E-state index >= 15 is 0 Å². The molecular formula is C13H15BrClF3O. The van der Waals surface area contributed by atoms with Crippen LogP contribution in [0.25, 0.3) is 0 Å². The zero-order chi connectivity index (χ0) is 14.6. The zero-order valence-electron chi connectivity index (χ0n) is 10.7. The topological polar surface area (TPSA) is 9.23 Å². The highest BCUT2D eigenvalue weighted by molar-refractivity contribution is 9.09. The van der Waals surface area contributed by atoms with E-state index < -0.39 is 12.8 Å². The Hall–Kier alpha value is -0.260. The van der Waals surface area contributed by atoms with Gasteiger partial charge in [0.1, 0.15) is 6.61 Å². The molecule has 0 aliphatic heterocycles. The first-order valence-corrected chi connectivity index (χ1v) is 7.05. The quantitative estimate of drug-likeness (QED) is 0.508. The van der Waals surface area contributed by atoms with Crippen molar-refractivity contribution in [2.75, 3.05) is 13.2 Å². The van der Waals surface area contributed by atoms with Gasteiger partial charge >= 0.3 is 6.18 Å². The molecule has 1 unspecified atom stereocenters.